The first-order valence-electron chi connectivity index (χ1n) is 6.79. The molecule has 0 saturated carbocycles. The average molecular weight is 288 g/mol. The lowest BCUT2D eigenvalue weighted by Crippen LogP contribution is -2.14. The number of aliphatic hydroxyl groups excluding tert-OH is 1. The SMILES string of the molecule is COc1ccc(CC(O)Cc2cccc(O)c2)cc1OC. The lowest BCUT2D eigenvalue weighted by Gasteiger charge is -2.13. The van der Waals surface area contributed by atoms with E-state index in [1.165, 1.54) is 0 Å². The van der Waals surface area contributed by atoms with Crippen molar-refractivity contribution in [3.63, 3.8) is 0 Å². The van der Waals surface area contributed by atoms with Gasteiger partial charge in [-0.25, -0.2) is 0 Å². The summed E-state index contributed by atoms with van der Waals surface area (Å²) in [5.74, 6) is 1.54. The molecule has 0 aliphatic heterocycles. The number of phenols is 1. The Morgan fingerprint density at radius 3 is 2.19 bits per heavy atom. The lowest BCUT2D eigenvalue weighted by molar-refractivity contribution is 0.175. The van der Waals surface area contributed by atoms with Gasteiger partial charge in [-0.2, -0.15) is 0 Å². The minimum absolute atomic E-state index is 0.214. The fourth-order valence-electron chi connectivity index (χ4n) is 2.31. The second-order valence-corrected chi connectivity index (χ2v) is 4.92. The molecule has 112 valence electrons. The van der Waals surface area contributed by atoms with Crippen LogP contribution in [0.1, 0.15) is 11.1 Å². The third-order valence-corrected chi connectivity index (χ3v) is 3.30. The minimum Gasteiger partial charge on any atom is -0.508 e. The highest BCUT2D eigenvalue weighted by Crippen LogP contribution is 2.28. The van der Waals surface area contributed by atoms with E-state index in [0.717, 1.165) is 11.1 Å². The largest absolute Gasteiger partial charge is 0.508 e. The summed E-state index contributed by atoms with van der Waals surface area (Å²) >= 11 is 0. The first kappa shape index (κ1) is 15.2. The molecule has 4 nitrogen and oxygen atoms in total. The first-order chi connectivity index (χ1) is 10.1. The standard InChI is InChI=1S/C17H20O4/c1-20-16-7-6-13(11-17(16)21-2)10-15(19)9-12-4-3-5-14(18)8-12/h3-8,11,15,18-19H,9-10H2,1-2H3. The molecule has 2 N–H and O–H groups in total. The number of benzene rings is 2. The highest BCUT2D eigenvalue weighted by atomic mass is 16.5. The Bertz CT molecular complexity index is 595. The van der Waals surface area contributed by atoms with Crippen LogP contribution in [0.5, 0.6) is 17.2 Å². The van der Waals surface area contributed by atoms with Gasteiger partial charge in [0.1, 0.15) is 5.75 Å². The monoisotopic (exact) mass is 288 g/mol. The van der Waals surface area contributed by atoms with Crippen molar-refractivity contribution in [2.45, 2.75) is 18.9 Å². The number of rotatable bonds is 6. The number of hydrogen-bond donors (Lipinski definition) is 2. The molecule has 0 bridgehead atoms. The minimum atomic E-state index is -0.523. The molecular formula is C17H20O4. The molecule has 0 aromatic heterocycles. The number of phenolic OH excluding ortho intramolecular Hbond substituents is 1. The first-order valence-corrected chi connectivity index (χ1v) is 6.79. The molecule has 0 aliphatic rings. The summed E-state index contributed by atoms with van der Waals surface area (Å²) in [5.41, 5.74) is 1.88. The van der Waals surface area contributed by atoms with Crippen LogP contribution >= 0.6 is 0 Å². The molecule has 2 aromatic rings. The van der Waals surface area contributed by atoms with E-state index in [2.05, 4.69) is 0 Å². The average Bonchev–Trinajstić information content (AvgIpc) is 2.47. The smallest absolute Gasteiger partial charge is 0.160 e. The summed E-state index contributed by atoms with van der Waals surface area (Å²) in [6, 6.07) is 12.5. The molecule has 1 unspecified atom stereocenters. The molecule has 2 aromatic carbocycles. The van der Waals surface area contributed by atoms with Crippen molar-refractivity contribution in [3.05, 3.63) is 53.6 Å². The second-order valence-electron chi connectivity index (χ2n) is 4.92. The van der Waals surface area contributed by atoms with Crippen LogP contribution in [0.25, 0.3) is 0 Å². The maximum Gasteiger partial charge on any atom is 0.160 e. The predicted octanol–water partition coefficient (Wildman–Crippen LogP) is 2.56. The summed E-state index contributed by atoms with van der Waals surface area (Å²) in [7, 11) is 3.18. The van der Waals surface area contributed by atoms with E-state index < -0.39 is 6.10 Å². The maximum absolute atomic E-state index is 10.2. The van der Waals surface area contributed by atoms with Gasteiger partial charge in [-0.3, -0.25) is 0 Å². The van der Waals surface area contributed by atoms with Gasteiger partial charge < -0.3 is 19.7 Å². The van der Waals surface area contributed by atoms with Gasteiger partial charge >= 0.3 is 0 Å². The molecule has 4 heteroatoms. The normalized spacial score (nSPS) is 12.0. The Hall–Kier alpha value is -2.20. The number of aliphatic hydroxyl groups is 1. The second kappa shape index (κ2) is 6.99. The zero-order valence-electron chi connectivity index (χ0n) is 12.2. The van der Waals surface area contributed by atoms with E-state index in [-0.39, 0.29) is 5.75 Å². The molecule has 2 rings (SSSR count). The van der Waals surface area contributed by atoms with Crippen LogP contribution in [0.4, 0.5) is 0 Å². The van der Waals surface area contributed by atoms with Gasteiger partial charge in [-0.1, -0.05) is 18.2 Å². The Kier molecular flexibility index (Phi) is 5.06. The molecule has 0 fully saturated rings. The summed E-state index contributed by atoms with van der Waals surface area (Å²) < 4.78 is 10.4. The Balaban J connectivity index is 2.04. The quantitative estimate of drug-likeness (QED) is 0.857. The maximum atomic E-state index is 10.2. The Labute approximate surface area is 124 Å². The zero-order chi connectivity index (χ0) is 15.2. The fraction of sp³-hybridized carbons (Fsp3) is 0.294. The van der Waals surface area contributed by atoms with Gasteiger partial charge in [-0.15, -0.1) is 0 Å². The third-order valence-electron chi connectivity index (χ3n) is 3.30. The van der Waals surface area contributed by atoms with Gasteiger partial charge in [0.15, 0.2) is 11.5 Å². The van der Waals surface area contributed by atoms with E-state index in [0.29, 0.717) is 24.3 Å². The van der Waals surface area contributed by atoms with Crippen LogP contribution in [0.15, 0.2) is 42.5 Å². The summed E-state index contributed by atoms with van der Waals surface area (Å²) in [6.45, 7) is 0. The van der Waals surface area contributed by atoms with Crippen molar-refractivity contribution < 1.29 is 19.7 Å². The molecule has 0 spiro atoms. The van der Waals surface area contributed by atoms with E-state index in [9.17, 15) is 10.2 Å². The van der Waals surface area contributed by atoms with Gasteiger partial charge in [0.2, 0.25) is 0 Å². The number of aromatic hydroxyl groups is 1. The summed E-state index contributed by atoms with van der Waals surface area (Å²) in [4.78, 5) is 0. The third kappa shape index (κ3) is 4.13. The van der Waals surface area contributed by atoms with Crippen molar-refractivity contribution in [1.29, 1.82) is 0 Å². The highest BCUT2D eigenvalue weighted by molar-refractivity contribution is 5.43. The zero-order valence-corrected chi connectivity index (χ0v) is 12.2. The van der Waals surface area contributed by atoms with Crippen molar-refractivity contribution in [2.24, 2.45) is 0 Å². The van der Waals surface area contributed by atoms with Crippen LogP contribution in [0, 0.1) is 0 Å². The van der Waals surface area contributed by atoms with Crippen LogP contribution in [-0.2, 0) is 12.8 Å². The van der Waals surface area contributed by atoms with Gasteiger partial charge in [0.25, 0.3) is 0 Å². The van der Waals surface area contributed by atoms with Crippen molar-refractivity contribution in [1.82, 2.24) is 0 Å². The molecule has 0 aliphatic carbocycles. The Morgan fingerprint density at radius 2 is 1.57 bits per heavy atom. The van der Waals surface area contributed by atoms with Crippen LogP contribution in [0.2, 0.25) is 0 Å². The van der Waals surface area contributed by atoms with E-state index in [1.807, 2.05) is 24.3 Å². The molecule has 21 heavy (non-hydrogen) atoms. The van der Waals surface area contributed by atoms with E-state index in [1.54, 1.807) is 32.4 Å². The van der Waals surface area contributed by atoms with Crippen LogP contribution < -0.4 is 9.47 Å². The van der Waals surface area contributed by atoms with Gasteiger partial charge in [0.05, 0.1) is 20.3 Å². The topological polar surface area (TPSA) is 58.9 Å². The predicted molar refractivity (Wildman–Crippen MR) is 81.1 cm³/mol. The van der Waals surface area contributed by atoms with Crippen molar-refractivity contribution >= 4 is 0 Å². The fourth-order valence-corrected chi connectivity index (χ4v) is 2.31. The van der Waals surface area contributed by atoms with Crippen LogP contribution in [-0.4, -0.2) is 30.5 Å². The number of hydrogen-bond acceptors (Lipinski definition) is 4. The van der Waals surface area contributed by atoms with Gasteiger partial charge in [0, 0.05) is 0 Å². The lowest BCUT2D eigenvalue weighted by atomic mass is 10.0. The molecule has 1 atom stereocenters. The number of methoxy groups -OCH3 is 2. The highest BCUT2D eigenvalue weighted by Gasteiger charge is 2.10. The Morgan fingerprint density at radius 1 is 0.905 bits per heavy atom. The van der Waals surface area contributed by atoms with Gasteiger partial charge in [-0.05, 0) is 48.2 Å². The molecule has 0 heterocycles. The molecule has 0 radical (unpaired) electrons. The summed E-state index contributed by atoms with van der Waals surface area (Å²) in [6.07, 6.45) is 0.476. The van der Waals surface area contributed by atoms with Crippen LogP contribution in [0.3, 0.4) is 0 Å². The van der Waals surface area contributed by atoms with Crippen molar-refractivity contribution in [2.75, 3.05) is 14.2 Å². The number of ether oxygens (including phenoxy) is 2. The molecule has 0 amide bonds. The molecule has 0 saturated heterocycles. The molecular weight excluding hydrogens is 268 g/mol. The summed E-state index contributed by atoms with van der Waals surface area (Å²) in [5, 5.41) is 19.6. The van der Waals surface area contributed by atoms with Crippen molar-refractivity contribution in [3.8, 4) is 17.2 Å². The van der Waals surface area contributed by atoms with E-state index >= 15 is 0 Å². The van der Waals surface area contributed by atoms with E-state index in [4.69, 9.17) is 9.47 Å².